The van der Waals surface area contributed by atoms with Crippen molar-refractivity contribution in [2.75, 3.05) is 23.9 Å². The minimum Gasteiger partial charge on any atom is -0.378 e. The molecule has 0 radical (unpaired) electrons. The Morgan fingerprint density at radius 2 is 2.12 bits per heavy atom. The Labute approximate surface area is 97.5 Å². The number of nitrogens with one attached hydrogen (secondary N) is 1. The second-order valence-corrected chi connectivity index (χ2v) is 5.71. The van der Waals surface area contributed by atoms with Crippen molar-refractivity contribution in [3.8, 4) is 0 Å². The number of benzene rings is 1. The monoisotopic (exact) mass is 262 g/mol. The van der Waals surface area contributed by atoms with E-state index in [1.807, 2.05) is 0 Å². The highest BCUT2D eigenvalue weighted by atomic mass is 32.2. The number of sulfone groups is 1. The van der Waals surface area contributed by atoms with Crippen LogP contribution in [0.5, 0.6) is 0 Å². The van der Waals surface area contributed by atoms with Crippen LogP contribution in [0.4, 0.5) is 15.8 Å². The molecule has 0 fully saturated rings. The van der Waals surface area contributed by atoms with E-state index in [0.29, 0.717) is 0 Å². The predicted molar refractivity (Wildman–Crippen MR) is 61.3 cm³/mol. The van der Waals surface area contributed by atoms with Gasteiger partial charge in [-0.1, -0.05) is 6.07 Å². The molecule has 1 aromatic carbocycles. The van der Waals surface area contributed by atoms with E-state index in [0.717, 1.165) is 12.3 Å². The van der Waals surface area contributed by atoms with Gasteiger partial charge >= 0.3 is 5.69 Å². The first kappa shape index (κ1) is 13.4. The van der Waals surface area contributed by atoms with Crippen LogP contribution in [0.3, 0.4) is 0 Å². The van der Waals surface area contributed by atoms with Gasteiger partial charge in [-0.05, 0) is 12.1 Å². The van der Waals surface area contributed by atoms with Gasteiger partial charge in [-0.15, -0.1) is 0 Å². The number of hydrogen-bond donors (Lipinski definition) is 1. The van der Waals surface area contributed by atoms with Crippen molar-refractivity contribution in [3.63, 3.8) is 0 Å². The molecule has 0 heterocycles. The Bertz CT molecular complexity index is 530. The van der Waals surface area contributed by atoms with E-state index in [1.54, 1.807) is 0 Å². The molecular formula is C9H11FN2O4S. The van der Waals surface area contributed by atoms with Gasteiger partial charge in [0, 0.05) is 12.8 Å². The quantitative estimate of drug-likeness (QED) is 0.636. The highest BCUT2D eigenvalue weighted by Gasteiger charge is 2.19. The van der Waals surface area contributed by atoms with Crippen molar-refractivity contribution in [1.82, 2.24) is 0 Å². The topological polar surface area (TPSA) is 89.3 Å². The van der Waals surface area contributed by atoms with Crippen LogP contribution in [0.15, 0.2) is 18.2 Å². The summed E-state index contributed by atoms with van der Waals surface area (Å²) in [6.07, 6.45) is 1.05. The van der Waals surface area contributed by atoms with Gasteiger partial charge in [0.15, 0.2) is 0 Å². The minimum atomic E-state index is -3.16. The molecule has 17 heavy (non-hydrogen) atoms. The van der Waals surface area contributed by atoms with E-state index in [4.69, 9.17) is 0 Å². The number of nitrogens with zero attached hydrogens (tertiary/aromatic N) is 1. The highest BCUT2D eigenvalue weighted by Crippen LogP contribution is 2.26. The molecule has 0 aliphatic heterocycles. The third kappa shape index (κ3) is 3.99. The second-order valence-electron chi connectivity index (χ2n) is 3.45. The zero-order valence-electron chi connectivity index (χ0n) is 9.01. The van der Waals surface area contributed by atoms with E-state index in [9.17, 15) is 22.9 Å². The minimum absolute atomic E-state index is 0.0108. The number of para-hydroxylation sites is 1. The lowest BCUT2D eigenvalue weighted by atomic mass is 10.2. The number of anilines is 1. The summed E-state index contributed by atoms with van der Waals surface area (Å²) >= 11 is 0. The van der Waals surface area contributed by atoms with Gasteiger partial charge in [0.05, 0.1) is 10.7 Å². The molecule has 0 amide bonds. The molecular weight excluding hydrogens is 251 g/mol. The van der Waals surface area contributed by atoms with Gasteiger partial charge in [-0.3, -0.25) is 10.1 Å². The van der Waals surface area contributed by atoms with Crippen molar-refractivity contribution < 1.29 is 17.7 Å². The summed E-state index contributed by atoms with van der Waals surface area (Å²) in [5.74, 6) is -1.14. The molecule has 0 bridgehead atoms. The van der Waals surface area contributed by atoms with Crippen LogP contribution in [0.25, 0.3) is 0 Å². The summed E-state index contributed by atoms with van der Waals surface area (Å²) in [6, 6.07) is 3.61. The number of hydrogen-bond acceptors (Lipinski definition) is 5. The normalized spacial score (nSPS) is 11.2. The number of nitro groups is 1. The summed E-state index contributed by atoms with van der Waals surface area (Å²) in [7, 11) is -3.16. The fraction of sp³-hybridized carbons (Fsp3) is 0.333. The number of halogens is 1. The van der Waals surface area contributed by atoms with E-state index < -0.39 is 26.3 Å². The van der Waals surface area contributed by atoms with Crippen LogP contribution >= 0.6 is 0 Å². The van der Waals surface area contributed by atoms with Crippen LogP contribution in [-0.2, 0) is 9.84 Å². The molecule has 1 N–H and O–H groups in total. The van der Waals surface area contributed by atoms with Crippen molar-refractivity contribution in [1.29, 1.82) is 0 Å². The molecule has 0 spiro atoms. The average Bonchev–Trinajstić information content (AvgIpc) is 2.14. The third-order valence-corrected chi connectivity index (χ3v) is 2.90. The lowest BCUT2D eigenvalue weighted by Gasteiger charge is -2.06. The molecule has 0 aliphatic rings. The largest absolute Gasteiger partial charge is 0.378 e. The van der Waals surface area contributed by atoms with Crippen LogP contribution < -0.4 is 5.32 Å². The smallest absolute Gasteiger partial charge is 0.327 e. The van der Waals surface area contributed by atoms with Gasteiger partial charge < -0.3 is 5.32 Å². The van der Waals surface area contributed by atoms with Gasteiger partial charge in [0.1, 0.15) is 15.5 Å². The first-order valence-electron chi connectivity index (χ1n) is 4.66. The SMILES string of the molecule is CS(=O)(=O)CCNc1cccc(F)c1[N+](=O)[O-]. The van der Waals surface area contributed by atoms with Crippen molar-refractivity contribution >= 4 is 21.2 Å². The molecule has 8 heteroatoms. The first-order chi connectivity index (χ1) is 7.81. The predicted octanol–water partition coefficient (Wildman–Crippen LogP) is 1.19. The molecule has 0 saturated carbocycles. The standard InChI is InChI=1S/C9H11FN2O4S/c1-17(15,16)6-5-11-8-4-2-3-7(10)9(8)12(13)14/h2-4,11H,5-6H2,1H3. The highest BCUT2D eigenvalue weighted by molar-refractivity contribution is 7.90. The Balaban J connectivity index is 2.85. The Kier molecular flexibility index (Phi) is 4.00. The van der Waals surface area contributed by atoms with E-state index >= 15 is 0 Å². The van der Waals surface area contributed by atoms with Gasteiger partial charge in [0.2, 0.25) is 5.82 Å². The maximum atomic E-state index is 13.2. The molecule has 0 aromatic heterocycles. The molecule has 6 nitrogen and oxygen atoms in total. The zero-order valence-corrected chi connectivity index (χ0v) is 9.83. The molecule has 0 aliphatic carbocycles. The Hall–Kier alpha value is -1.70. The molecule has 94 valence electrons. The number of nitro benzene ring substituents is 1. The van der Waals surface area contributed by atoms with Crippen LogP contribution in [0.1, 0.15) is 0 Å². The molecule has 1 rings (SSSR count). The van der Waals surface area contributed by atoms with Crippen LogP contribution in [0, 0.1) is 15.9 Å². The molecule has 0 saturated heterocycles. The molecule has 1 aromatic rings. The summed E-state index contributed by atoms with van der Waals surface area (Å²) in [5.41, 5.74) is -0.709. The zero-order chi connectivity index (χ0) is 13.1. The average molecular weight is 262 g/mol. The Morgan fingerprint density at radius 3 is 2.65 bits per heavy atom. The van der Waals surface area contributed by atoms with Crippen molar-refractivity contribution in [2.24, 2.45) is 0 Å². The van der Waals surface area contributed by atoms with Gasteiger partial charge in [-0.2, -0.15) is 4.39 Å². The summed E-state index contributed by atoms with van der Waals surface area (Å²) in [6.45, 7) is -0.0108. The Morgan fingerprint density at radius 1 is 1.47 bits per heavy atom. The van der Waals surface area contributed by atoms with E-state index in [1.165, 1.54) is 12.1 Å². The first-order valence-corrected chi connectivity index (χ1v) is 6.72. The van der Waals surface area contributed by atoms with Crippen LogP contribution in [-0.4, -0.2) is 31.9 Å². The van der Waals surface area contributed by atoms with E-state index in [2.05, 4.69) is 5.32 Å². The lowest BCUT2D eigenvalue weighted by Crippen LogP contribution is -2.15. The van der Waals surface area contributed by atoms with E-state index in [-0.39, 0.29) is 18.0 Å². The maximum Gasteiger partial charge on any atom is 0.327 e. The fourth-order valence-electron chi connectivity index (χ4n) is 1.21. The maximum absolute atomic E-state index is 13.2. The number of rotatable bonds is 5. The fourth-order valence-corrected chi connectivity index (χ4v) is 1.69. The van der Waals surface area contributed by atoms with Crippen molar-refractivity contribution in [3.05, 3.63) is 34.1 Å². The lowest BCUT2D eigenvalue weighted by molar-refractivity contribution is -0.386. The van der Waals surface area contributed by atoms with Gasteiger partial charge in [-0.25, -0.2) is 8.42 Å². The van der Waals surface area contributed by atoms with Gasteiger partial charge in [0.25, 0.3) is 0 Å². The summed E-state index contributed by atoms with van der Waals surface area (Å²) in [5, 5.41) is 13.1. The molecule has 0 unspecified atom stereocenters. The van der Waals surface area contributed by atoms with Crippen LogP contribution in [0.2, 0.25) is 0 Å². The summed E-state index contributed by atoms with van der Waals surface area (Å²) in [4.78, 5) is 9.76. The third-order valence-electron chi connectivity index (χ3n) is 1.96. The molecule has 0 atom stereocenters. The van der Waals surface area contributed by atoms with Crippen molar-refractivity contribution in [2.45, 2.75) is 0 Å². The summed E-state index contributed by atoms with van der Waals surface area (Å²) < 4.78 is 34.9. The second kappa shape index (κ2) is 5.09.